The van der Waals surface area contributed by atoms with Crippen molar-refractivity contribution in [3.63, 3.8) is 0 Å². The summed E-state index contributed by atoms with van der Waals surface area (Å²) in [6, 6.07) is 5.20. The molecule has 0 bridgehead atoms. The average Bonchev–Trinajstić information content (AvgIpc) is 3.40. The van der Waals surface area contributed by atoms with Gasteiger partial charge >= 0.3 is 183 Å². The standard InChI is InChI=1S/C22H31NS2.6CH3.2Sn/c1-2-3-4-5-6-7-8-9-10-11-12-13-16-23-19-14-17-24-21(19)22-20(23)15-18-25-22;;;;;;;;/h14-15H,2-13,16H2,1H3;6*1H3;;. The quantitative estimate of drug-likeness (QED) is 0.110. The Morgan fingerprint density at radius 1 is 0.576 bits per heavy atom. The van der Waals surface area contributed by atoms with Crippen molar-refractivity contribution in [2.75, 3.05) is 0 Å². The van der Waals surface area contributed by atoms with Gasteiger partial charge in [-0.3, -0.25) is 0 Å². The van der Waals surface area contributed by atoms with E-state index in [1.807, 2.05) is 0 Å². The van der Waals surface area contributed by atoms with Crippen LogP contribution in [0.1, 0.15) is 84.0 Å². The van der Waals surface area contributed by atoms with Gasteiger partial charge in [-0.25, -0.2) is 0 Å². The van der Waals surface area contributed by atoms with E-state index in [2.05, 4.69) is 75.9 Å². The molecule has 0 amide bonds. The maximum atomic E-state index is 2.72. The van der Waals surface area contributed by atoms with E-state index in [9.17, 15) is 0 Å². The van der Waals surface area contributed by atoms with Crippen molar-refractivity contribution in [1.29, 1.82) is 0 Å². The molecule has 0 atom stereocenters. The molecule has 0 fully saturated rings. The van der Waals surface area contributed by atoms with E-state index in [4.69, 9.17) is 0 Å². The summed E-state index contributed by atoms with van der Waals surface area (Å²) in [5, 5.41) is 0. The molecule has 1 nitrogen and oxygen atoms in total. The molecule has 186 valence electrons. The van der Waals surface area contributed by atoms with Gasteiger partial charge in [-0.2, -0.15) is 0 Å². The molecule has 5 heteroatoms. The predicted molar refractivity (Wildman–Crippen MR) is 162 cm³/mol. The Balaban J connectivity index is 1.56. The van der Waals surface area contributed by atoms with Crippen molar-refractivity contribution < 1.29 is 0 Å². The molecule has 0 spiro atoms. The fourth-order valence-electron chi connectivity index (χ4n) is 4.71. The van der Waals surface area contributed by atoms with Crippen LogP contribution in [0.15, 0.2) is 12.1 Å². The Morgan fingerprint density at radius 2 is 0.939 bits per heavy atom. The molecule has 0 unspecified atom stereocenters. The van der Waals surface area contributed by atoms with E-state index in [-0.39, 0.29) is 0 Å². The van der Waals surface area contributed by atoms with Crippen molar-refractivity contribution in [3.05, 3.63) is 12.1 Å². The van der Waals surface area contributed by atoms with Crippen LogP contribution < -0.4 is 5.79 Å². The zero-order valence-electron chi connectivity index (χ0n) is 22.6. The second kappa shape index (κ2) is 12.9. The Labute approximate surface area is 220 Å². The van der Waals surface area contributed by atoms with Gasteiger partial charge in [0.25, 0.3) is 0 Å². The van der Waals surface area contributed by atoms with Crippen LogP contribution in [0.3, 0.4) is 0 Å². The minimum absolute atomic E-state index is 1.21. The summed E-state index contributed by atoms with van der Waals surface area (Å²) in [5.41, 5.74) is 3.11. The molecular formula is C28H49NS2Sn2. The van der Waals surface area contributed by atoms with Crippen LogP contribution in [0.25, 0.3) is 20.4 Å². The molecule has 33 heavy (non-hydrogen) atoms. The molecule has 3 heterocycles. The maximum absolute atomic E-state index is 2.72. The zero-order chi connectivity index (χ0) is 24.1. The van der Waals surface area contributed by atoms with Crippen LogP contribution in [0.4, 0.5) is 0 Å². The van der Waals surface area contributed by atoms with Gasteiger partial charge in [0.1, 0.15) is 0 Å². The molecule has 0 N–H and O–H groups in total. The van der Waals surface area contributed by atoms with E-state index in [0.717, 1.165) is 0 Å². The normalized spacial score (nSPS) is 13.1. The number of hydrogen-bond acceptors (Lipinski definition) is 2. The number of aromatic nitrogens is 1. The molecule has 0 aromatic carbocycles. The van der Waals surface area contributed by atoms with Crippen LogP contribution in [0.2, 0.25) is 29.6 Å². The van der Waals surface area contributed by atoms with Crippen molar-refractivity contribution >= 4 is 85.6 Å². The summed E-state index contributed by atoms with van der Waals surface area (Å²) < 4.78 is 9.42. The van der Waals surface area contributed by atoms with Crippen molar-refractivity contribution in [3.8, 4) is 0 Å². The number of hydrogen-bond donors (Lipinski definition) is 0. The third kappa shape index (κ3) is 7.89. The molecule has 3 aromatic heterocycles. The Bertz CT molecular complexity index is 931. The first kappa shape index (κ1) is 28.4. The van der Waals surface area contributed by atoms with Crippen LogP contribution >= 0.6 is 22.7 Å². The average molecular weight is 701 g/mol. The fourth-order valence-corrected chi connectivity index (χ4v) is 17.5. The number of unbranched alkanes of at least 4 members (excludes halogenated alkanes) is 11. The fraction of sp³-hybridized carbons (Fsp3) is 0.714. The van der Waals surface area contributed by atoms with Gasteiger partial charge in [0.2, 0.25) is 0 Å². The number of nitrogens with zero attached hydrogens (tertiary/aromatic N) is 1. The molecule has 0 saturated heterocycles. The summed E-state index contributed by atoms with van der Waals surface area (Å²) in [5.74, 6) is 0. The monoisotopic (exact) mass is 703 g/mol. The summed E-state index contributed by atoms with van der Waals surface area (Å²) >= 11 is 0.217. The second-order valence-electron chi connectivity index (χ2n) is 12.2. The molecule has 0 aliphatic rings. The van der Waals surface area contributed by atoms with Gasteiger partial charge in [-0.05, 0) is 0 Å². The molecular weight excluding hydrogens is 652 g/mol. The summed E-state index contributed by atoms with van der Waals surface area (Å²) in [6.45, 7) is 3.52. The summed E-state index contributed by atoms with van der Waals surface area (Å²) in [6.07, 6.45) is 17.1. The van der Waals surface area contributed by atoms with Crippen LogP contribution in [0, 0.1) is 0 Å². The molecule has 0 aliphatic heterocycles. The van der Waals surface area contributed by atoms with E-state index in [1.165, 1.54) is 83.6 Å². The van der Waals surface area contributed by atoms with Gasteiger partial charge in [-0.15, -0.1) is 0 Å². The third-order valence-electron chi connectivity index (χ3n) is 6.93. The molecule has 0 aliphatic carbocycles. The zero-order valence-corrected chi connectivity index (χ0v) is 30.0. The molecule has 3 aromatic rings. The van der Waals surface area contributed by atoms with Gasteiger partial charge in [0, 0.05) is 0 Å². The molecule has 0 saturated carbocycles. The minimum atomic E-state index is -2.04. The first-order chi connectivity index (χ1) is 15.6. The van der Waals surface area contributed by atoms with E-state index in [0.29, 0.717) is 0 Å². The number of aryl methyl sites for hydroxylation is 1. The first-order valence-electron chi connectivity index (χ1n) is 13.7. The Morgan fingerprint density at radius 3 is 1.30 bits per heavy atom. The van der Waals surface area contributed by atoms with Crippen molar-refractivity contribution in [2.45, 2.75) is 120 Å². The Kier molecular flexibility index (Phi) is 11.0. The Hall–Kier alpha value is 0.797. The number of thiophene rings is 2. The summed E-state index contributed by atoms with van der Waals surface area (Å²) in [7, 11) is 0. The second-order valence-corrected chi connectivity index (χ2v) is 45.1. The number of rotatable bonds is 15. The number of fused-ring (bicyclic) bond motifs is 3. The van der Waals surface area contributed by atoms with E-state index >= 15 is 0 Å². The van der Waals surface area contributed by atoms with Crippen molar-refractivity contribution in [2.24, 2.45) is 0 Å². The van der Waals surface area contributed by atoms with Gasteiger partial charge in [-0.1, -0.05) is 39.0 Å². The van der Waals surface area contributed by atoms with Gasteiger partial charge < -0.3 is 0 Å². The van der Waals surface area contributed by atoms with Crippen LogP contribution in [0.5, 0.6) is 0 Å². The SMILES string of the molecule is CCCCCCCCCCCCCCn1c2c[c]([Sn]([CH3])([CH3])[CH3])sc2c2s[c]([Sn]([CH3])([CH3])[CH3])cc21. The van der Waals surface area contributed by atoms with E-state index < -0.39 is 36.8 Å². The molecule has 0 radical (unpaired) electrons. The predicted octanol–water partition coefficient (Wildman–Crippen LogP) is 9.71. The summed E-state index contributed by atoms with van der Waals surface area (Å²) in [4.78, 5) is 15.4. The van der Waals surface area contributed by atoms with Gasteiger partial charge in [0.05, 0.1) is 0 Å². The molecule has 3 rings (SSSR count). The van der Waals surface area contributed by atoms with Crippen LogP contribution in [-0.2, 0) is 6.54 Å². The first-order valence-corrected chi connectivity index (χ1v) is 35.3. The van der Waals surface area contributed by atoms with E-state index in [1.54, 1.807) is 26.2 Å². The van der Waals surface area contributed by atoms with Crippen molar-refractivity contribution in [1.82, 2.24) is 4.57 Å². The topological polar surface area (TPSA) is 4.93 Å². The third-order valence-corrected chi connectivity index (χ3v) is 28.2. The van der Waals surface area contributed by atoms with Crippen LogP contribution in [-0.4, -0.2) is 41.3 Å². The van der Waals surface area contributed by atoms with Gasteiger partial charge in [0.15, 0.2) is 0 Å².